The number of unbranched alkanes of at least 4 members (excludes halogenated alkanes) is 1. The van der Waals surface area contributed by atoms with Gasteiger partial charge in [-0.3, -0.25) is 13.9 Å². The van der Waals surface area contributed by atoms with Gasteiger partial charge < -0.3 is 15.0 Å². The number of aryl methyl sites for hydroxylation is 1. The van der Waals surface area contributed by atoms with E-state index >= 15 is 0 Å². The molecule has 3 rings (SSSR count). The fourth-order valence-corrected chi connectivity index (χ4v) is 5.70. The summed E-state index contributed by atoms with van der Waals surface area (Å²) in [6.07, 6.45) is 1.74. The lowest BCUT2D eigenvalue weighted by Crippen LogP contribution is -2.51. The summed E-state index contributed by atoms with van der Waals surface area (Å²) in [5, 5.41) is 2.89. The molecule has 0 aliphatic rings. The number of hydrogen-bond acceptors (Lipinski definition) is 5. The minimum Gasteiger partial charge on any atom is -0.497 e. The SMILES string of the molecule is CCCCNC(=O)C(C)N(Cc1ccc(Br)cc1)C(=O)CN(c1ccc(C)cc1)S(=O)(=O)c1ccc(OC)cc1. The van der Waals surface area contributed by atoms with Crippen molar-refractivity contribution in [2.24, 2.45) is 0 Å². The molecular weight excluding hydrogens is 594 g/mol. The normalized spacial score (nSPS) is 11.9. The summed E-state index contributed by atoms with van der Waals surface area (Å²) in [6.45, 7) is 5.74. The van der Waals surface area contributed by atoms with E-state index in [1.807, 2.05) is 38.1 Å². The molecule has 0 saturated carbocycles. The number of rotatable bonds is 13. The monoisotopic (exact) mass is 629 g/mol. The second kappa shape index (κ2) is 14.3. The molecule has 8 nitrogen and oxygen atoms in total. The summed E-state index contributed by atoms with van der Waals surface area (Å²) in [4.78, 5) is 28.4. The van der Waals surface area contributed by atoms with E-state index in [4.69, 9.17) is 4.74 Å². The van der Waals surface area contributed by atoms with Crippen LogP contribution in [-0.2, 0) is 26.2 Å². The van der Waals surface area contributed by atoms with E-state index in [2.05, 4.69) is 21.2 Å². The number of benzene rings is 3. The highest BCUT2D eigenvalue weighted by atomic mass is 79.9. The van der Waals surface area contributed by atoms with E-state index in [1.54, 1.807) is 43.3 Å². The molecule has 2 amide bonds. The highest BCUT2D eigenvalue weighted by molar-refractivity contribution is 9.10. The van der Waals surface area contributed by atoms with Crippen molar-refractivity contribution >= 4 is 43.5 Å². The number of amides is 2. The Morgan fingerprint density at radius 3 is 2.17 bits per heavy atom. The topological polar surface area (TPSA) is 96.0 Å². The van der Waals surface area contributed by atoms with E-state index < -0.39 is 28.5 Å². The summed E-state index contributed by atoms with van der Waals surface area (Å²) in [5.74, 6) is -0.280. The van der Waals surface area contributed by atoms with Crippen LogP contribution in [0.5, 0.6) is 5.75 Å². The second-order valence-corrected chi connectivity index (χ2v) is 12.3. The Bertz CT molecular complexity index is 1380. The Kier molecular flexibility index (Phi) is 11.2. The molecule has 0 spiro atoms. The van der Waals surface area contributed by atoms with Crippen LogP contribution in [0.4, 0.5) is 5.69 Å². The van der Waals surface area contributed by atoms with Crippen LogP contribution in [0.25, 0.3) is 0 Å². The fourth-order valence-electron chi connectivity index (χ4n) is 4.02. The molecule has 3 aromatic carbocycles. The van der Waals surface area contributed by atoms with Crippen LogP contribution in [0.15, 0.2) is 82.2 Å². The number of carbonyl (C=O) groups is 2. The van der Waals surface area contributed by atoms with Crippen molar-refractivity contribution in [3.63, 3.8) is 0 Å². The minimum atomic E-state index is -4.14. The molecule has 214 valence electrons. The van der Waals surface area contributed by atoms with Gasteiger partial charge in [0.2, 0.25) is 11.8 Å². The Morgan fingerprint density at radius 2 is 1.60 bits per heavy atom. The third-order valence-electron chi connectivity index (χ3n) is 6.51. The van der Waals surface area contributed by atoms with Crippen molar-refractivity contribution in [2.75, 3.05) is 24.5 Å². The maximum absolute atomic E-state index is 13.9. The molecule has 0 aromatic heterocycles. The molecule has 0 heterocycles. The average Bonchev–Trinajstić information content (AvgIpc) is 2.95. The van der Waals surface area contributed by atoms with Gasteiger partial charge in [0.15, 0.2) is 0 Å². The van der Waals surface area contributed by atoms with E-state index in [0.29, 0.717) is 18.0 Å². The van der Waals surface area contributed by atoms with Crippen LogP contribution in [-0.4, -0.2) is 51.4 Å². The predicted octanol–water partition coefficient (Wildman–Crippen LogP) is 5.30. The smallest absolute Gasteiger partial charge is 0.264 e. The number of nitrogens with zero attached hydrogens (tertiary/aromatic N) is 2. The first kappa shape index (κ1) is 31.2. The lowest BCUT2D eigenvalue weighted by Gasteiger charge is -2.32. The van der Waals surface area contributed by atoms with Crippen molar-refractivity contribution in [3.8, 4) is 5.75 Å². The number of halogens is 1. The molecule has 0 aliphatic carbocycles. The van der Waals surface area contributed by atoms with E-state index in [-0.39, 0.29) is 17.3 Å². The van der Waals surface area contributed by atoms with Crippen LogP contribution in [0.1, 0.15) is 37.8 Å². The van der Waals surface area contributed by atoms with Crippen LogP contribution in [0.2, 0.25) is 0 Å². The van der Waals surface area contributed by atoms with Crippen LogP contribution < -0.4 is 14.4 Å². The number of sulfonamides is 1. The average molecular weight is 631 g/mol. The van der Waals surface area contributed by atoms with Gasteiger partial charge in [-0.15, -0.1) is 0 Å². The third-order valence-corrected chi connectivity index (χ3v) is 8.83. The molecule has 0 radical (unpaired) electrons. The fraction of sp³-hybridized carbons (Fsp3) is 0.333. The maximum Gasteiger partial charge on any atom is 0.264 e. The van der Waals surface area contributed by atoms with Crippen molar-refractivity contribution in [2.45, 2.75) is 51.1 Å². The van der Waals surface area contributed by atoms with Crippen molar-refractivity contribution in [1.29, 1.82) is 0 Å². The number of methoxy groups -OCH3 is 1. The van der Waals surface area contributed by atoms with Gasteiger partial charge in [-0.2, -0.15) is 0 Å². The highest BCUT2D eigenvalue weighted by Crippen LogP contribution is 2.26. The number of carbonyl (C=O) groups excluding carboxylic acids is 2. The Labute approximate surface area is 245 Å². The first-order valence-electron chi connectivity index (χ1n) is 13.1. The van der Waals surface area contributed by atoms with E-state index in [0.717, 1.165) is 32.7 Å². The second-order valence-electron chi connectivity index (χ2n) is 9.49. The largest absolute Gasteiger partial charge is 0.497 e. The molecule has 0 aliphatic heterocycles. The standard InChI is InChI=1S/C30H36BrN3O5S/c1-5-6-19-32-30(36)23(3)33(20-24-9-11-25(31)12-10-24)29(35)21-34(26-13-7-22(2)8-14-26)40(37,38)28-17-15-27(39-4)16-18-28/h7-18,23H,5-6,19-21H2,1-4H3,(H,32,36). The Hall–Kier alpha value is -3.37. The van der Waals surface area contributed by atoms with Crippen molar-refractivity contribution in [3.05, 3.63) is 88.4 Å². The quantitative estimate of drug-likeness (QED) is 0.259. The summed E-state index contributed by atoms with van der Waals surface area (Å²) in [5.41, 5.74) is 2.11. The predicted molar refractivity (Wildman–Crippen MR) is 161 cm³/mol. The zero-order valence-electron chi connectivity index (χ0n) is 23.3. The van der Waals surface area contributed by atoms with Gasteiger partial charge in [0.05, 0.1) is 17.7 Å². The van der Waals surface area contributed by atoms with Crippen LogP contribution in [0.3, 0.4) is 0 Å². The van der Waals surface area contributed by atoms with Gasteiger partial charge in [0.1, 0.15) is 18.3 Å². The zero-order chi connectivity index (χ0) is 29.3. The van der Waals surface area contributed by atoms with Gasteiger partial charge in [0, 0.05) is 17.6 Å². The molecule has 0 bridgehead atoms. The van der Waals surface area contributed by atoms with Gasteiger partial charge in [-0.25, -0.2) is 8.42 Å². The number of nitrogens with one attached hydrogen (secondary N) is 1. The molecule has 40 heavy (non-hydrogen) atoms. The molecule has 3 aromatic rings. The lowest BCUT2D eigenvalue weighted by molar-refractivity contribution is -0.139. The third kappa shape index (κ3) is 8.08. The summed E-state index contributed by atoms with van der Waals surface area (Å²) in [6, 6.07) is 19.6. The van der Waals surface area contributed by atoms with Crippen LogP contribution >= 0.6 is 15.9 Å². The van der Waals surface area contributed by atoms with Gasteiger partial charge >= 0.3 is 0 Å². The summed E-state index contributed by atoms with van der Waals surface area (Å²) in [7, 11) is -2.64. The van der Waals surface area contributed by atoms with E-state index in [9.17, 15) is 18.0 Å². The number of anilines is 1. The van der Waals surface area contributed by atoms with Gasteiger partial charge in [0.25, 0.3) is 10.0 Å². The Morgan fingerprint density at radius 1 is 0.975 bits per heavy atom. The molecule has 0 fully saturated rings. The first-order chi connectivity index (χ1) is 19.1. The first-order valence-corrected chi connectivity index (χ1v) is 15.3. The summed E-state index contributed by atoms with van der Waals surface area (Å²) >= 11 is 3.42. The van der Waals surface area contributed by atoms with Gasteiger partial charge in [-0.05, 0) is 74.4 Å². The van der Waals surface area contributed by atoms with E-state index in [1.165, 1.54) is 24.1 Å². The molecular formula is C30H36BrN3O5S. The van der Waals surface area contributed by atoms with Crippen molar-refractivity contribution in [1.82, 2.24) is 10.2 Å². The molecule has 1 atom stereocenters. The molecule has 10 heteroatoms. The minimum absolute atomic E-state index is 0.0199. The molecule has 1 unspecified atom stereocenters. The molecule has 0 saturated heterocycles. The maximum atomic E-state index is 13.9. The van der Waals surface area contributed by atoms with Crippen molar-refractivity contribution < 1.29 is 22.7 Å². The number of ether oxygens (including phenoxy) is 1. The highest BCUT2D eigenvalue weighted by Gasteiger charge is 2.32. The van der Waals surface area contributed by atoms with Gasteiger partial charge in [-0.1, -0.05) is 59.1 Å². The summed E-state index contributed by atoms with van der Waals surface area (Å²) < 4.78 is 34.9. The molecule has 1 N–H and O–H groups in total. The Balaban J connectivity index is 1.99. The lowest BCUT2D eigenvalue weighted by atomic mass is 10.1. The zero-order valence-corrected chi connectivity index (χ0v) is 25.7. The van der Waals surface area contributed by atoms with Crippen LogP contribution in [0, 0.1) is 6.92 Å². The number of hydrogen-bond donors (Lipinski definition) is 1.